The highest BCUT2D eigenvalue weighted by atomic mass is 31.0. The van der Waals surface area contributed by atoms with Gasteiger partial charge in [0.1, 0.15) is 42.7 Å². The molecule has 30 unspecified atom stereocenters. The molecule has 5 heterocycles. The van der Waals surface area contributed by atoms with Crippen LogP contribution >= 0.6 is 75.7 Å². The number of hydrogen-bond donors (Lipinski definition) is 1. The number of ether oxygens (including phenoxy) is 9. The highest BCUT2D eigenvalue weighted by molar-refractivity contribution is 7.11. The average Bonchev–Trinajstić information content (AvgIpc) is 3.80. The van der Waals surface area contributed by atoms with Gasteiger partial charge in [-0.15, -0.1) is 0 Å². The van der Waals surface area contributed by atoms with E-state index in [-0.39, 0.29) is 81.1 Å². The van der Waals surface area contributed by atoms with Gasteiger partial charge in [-0.05, 0) is 0 Å². The molecule has 58 heavy (non-hydrogen) atoms. The lowest BCUT2D eigenvalue weighted by atomic mass is 9.92. The van der Waals surface area contributed by atoms with Crippen molar-refractivity contribution in [1.82, 2.24) is 0 Å². The molecule has 0 spiro atoms. The number of aliphatic hydroxyl groups excluding tert-OH is 1. The summed E-state index contributed by atoms with van der Waals surface area (Å²) in [6.07, 6.45) is -9.05. The first-order chi connectivity index (χ1) is 27.9. The second-order valence-corrected chi connectivity index (χ2v) is 17.7. The van der Waals surface area contributed by atoms with Crippen LogP contribution < -0.4 is 0 Å². The van der Waals surface area contributed by atoms with Crippen molar-refractivity contribution < 1.29 is 83.9 Å². The minimum atomic E-state index is -1.08. The third-order valence-electron chi connectivity index (χ3n) is 11.8. The zero-order chi connectivity index (χ0) is 42.3. The molecule has 1 N–H and O–H groups in total. The van der Waals surface area contributed by atoms with E-state index in [9.17, 15) is 5.11 Å². The van der Waals surface area contributed by atoms with Crippen LogP contribution in [0.15, 0.2) is 0 Å². The van der Waals surface area contributed by atoms with Crippen molar-refractivity contribution in [2.75, 3.05) is 33.0 Å². The molecule has 5 aliphatic heterocycles. The van der Waals surface area contributed by atoms with Gasteiger partial charge in [-0.3, -0.25) is 0 Å². The molecule has 0 aromatic rings. The third-order valence-corrected chi connectivity index (χ3v) is 14.1. The summed E-state index contributed by atoms with van der Waals surface area (Å²) in [5.41, 5.74) is 0. The molecule has 0 amide bonds. The second-order valence-electron chi connectivity index (χ2n) is 15.4. The molecule has 5 fully saturated rings. The topological polar surface area (TPSA) is 177 Å². The van der Waals surface area contributed by atoms with Gasteiger partial charge in [0.05, 0.1) is 63.6 Å². The first-order valence-corrected chi connectivity index (χ1v) is 22.9. The van der Waals surface area contributed by atoms with Crippen molar-refractivity contribution in [3.8, 4) is 0 Å². The fourth-order valence-corrected chi connectivity index (χ4v) is 11.1. The summed E-state index contributed by atoms with van der Waals surface area (Å²) < 4.78 is 102. The Balaban J connectivity index is 1.16. The maximum absolute atomic E-state index is 10.8. The van der Waals surface area contributed by atoms with E-state index in [1.54, 1.807) is 0 Å². The molecule has 5 aliphatic rings. The molecule has 0 bridgehead atoms. The molecule has 0 aliphatic carbocycles. The van der Waals surface area contributed by atoms with Crippen LogP contribution in [0.2, 0.25) is 0 Å². The predicted molar refractivity (Wildman–Crippen MR) is 233 cm³/mol. The molecule has 340 valence electrons. The first kappa shape index (κ1) is 51.7. The highest BCUT2D eigenvalue weighted by Gasteiger charge is 2.52. The molecule has 0 aromatic carbocycles. The van der Waals surface area contributed by atoms with Crippen LogP contribution in [0.3, 0.4) is 0 Å². The standard InChI is InChI=1S/C32H64O18P8/c1-11-21(44-32-13(3)23(46-54)18(43-32)8-36-31-15(5)25(48-56)27(50-58)20(42-31)10-38-52)16(39-28(11)33)6-34-29-12(2)22(45-53)17(40-29)7-35-30-14(4)24(47-55)26(49-57)19(41-30)9-37-51/h11-33H,6-10,51-58H2,1-5H3. The second kappa shape index (κ2) is 25.0. The predicted octanol–water partition coefficient (Wildman–Crippen LogP) is 2.88. The molecule has 5 saturated heterocycles. The molecule has 26 heteroatoms. The number of rotatable bonds is 21. The Bertz CT molecular complexity index is 1220. The van der Waals surface area contributed by atoms with Gasteiger partial charge in [0.15, 0.2) is 31.5 Å². The maximum atomic E-state index is 10.8. The molecule has 0 radical (unpaired) electrons. The van der Waals surface area contributed by atoms with Gasteiger partial charge in [-0.25, -0.2) is 0 Å². The van der Waals surface area contributed by atoms with Crippen LogP contribution in [0.25, 0.3) is 0 Å². The van der Waals surface area contributed by atoms with Crippen LogP contribution in [0, 0.1) is 29.6 Å². The Hall–Kier alpha value is 2.72. The fourth-order valence-electron chi connectivity index (χ4n) is 8.37. The van der Waals surface area contributed by atoms with Crippen molar-refractivity contribution in [2.45, 2.75) is 139 Å². The van der Waals surface area contributed by atoms with E-state index in [1.165, 1.54) is 0 Å². The van der Waals surface area contributed by atoms with Crippen molar-refractivity contribution >= 4 is 75.7 Å². The fraction of sp³-hybridized carbons (Fsp3) is 1.00. The van der Waals surface area contributed by atoms with Crippen molar-refractivity contribution in [1.29, 1.82) is 0 Å². The zero-order valence-electron chi connectivity index (χ0n) is 33.2. The van der Waals surface area contributed by atoms with E-state index in [4.69, 9.17) is 78.8 Å². The summed E-state index contributed by atoms with van der Waals surface area (Å²) in [5, 5.41) is 10.8. The Morgan fingerprint density at radius 1 is 0.362 bits per heavy atom. The Morgan fingerprint density at radius 2 is 0.672 bits per heavy atom. The van der Waals surface area contributed by atoms with Gasteiger partial charge in [0.25, 0.3) is 0 Å². The Morgan fingerprint density at radius 3 is 1.03 bits per heavy atom. The highest BCUT2D eigenvalue weighted by Crippen LogP contribution is 2.40. The molecule has 0 aromatic heterocycles. The summed E-state index contributed by atoms with van der Waals surface area (Å²) in [6, 6.07) is 0. The molecular formula is C32H64O18P8. The van der Waals surface area contributed by atoms with Crippen LogP contribution in [0.1, 0.15) is 34.6 Å². The summed E-state index contributed by atoms with van der Waals surface area (Å²) in [6.45, 7) is 10.6. The third kappa shape index (κ3) is 12.0. The maximum Gasteiger partial charge on any atom is 0.163 e. The van der Waals surface area contributed by atoms with E-state index in [1.807, 2.05) is 34.6 Å². The smallest absolute Gasteiger partial charge is 0.163 e. The van der Waals surface area contributed by atoms with E-state index < -0.39 is 86.2 Å². The largest absolute Gasteiger partial charge is 0.368 e. The average molecular weight is 985 g/mol. The summed E-state index contributed by atoms with van der Waals surface area (Å²) in [4.78, 5) is 0. The molecule has 18 nitrogen and oxygen atoms in total. The zero-order valence-corrected chi connectivity index (χ0v) is 42.5. The molecule has 0 saturated carbocycles. The van der Waals surface area contributed by atoms with E-state index in [0.717, 1.165) is 0 Å². The lowest BCUT2D eigenvalue weighted by molar-refractivity contribution is -0.280. The monoisotopic (exact) mass is 984 g/mol. The number of aliphatic hydroxyl groups is 1. The summed E-state index contributed by atoms with van der Waals surface area (Å²) >= 11 is 0. The van der Waals surface area contributed by atoms with Crippen molar-refractivity contribution in [3.05, 3.63) is 0 Å². The van der Waals surface area contributed by atoms with Crippen molar-refractivity contribution in [2.24, 2.45) is 29.6 Å². The minimum absolute atomic E-state index is 0.0660. The van der Waals surface area contributed by atoms with E-state index in [2.05, 4.69) is 75.7 Å². The van der Waals surface area contributed by atoms with Gasteiger partial charge in [0, 0.05) is 105 Å². The summed E-state index contributed by atoms with van der Waals surface area (Å²) in [5.74, 6) is -1.17. The quantitative estimate of drug-likeness (QED) is 0.166. The van der Waals surface area contributed by atoms with Crippen LogP contribution in [0.4, 0.5) is 0 Å². The molecular weight excluding hydrogens is 920 g/mol. The van der Waals surface area contributed by atoms with Gasteiger partial charge >= 0.3 is 0 Å². The SMILES string of the molecule is CC1C(O)OC(COC2OC(COC3OC(COP)C(OP)C(OP)C3C)C(OP)C2C)C1OC1OC(COC2OC(COP)C(OP)C(OP)C2C)C(OP)C1C. The van der Waals surface area contributed by atoms with Gasteiger partial charge < -0.3 is 83.9 Å². The first-order valence-electron chi connectivity index (χ1n) is 19.1. The van der Waals surface area contributed by atoms with Crippen LogP contribution in [0.5, 0.6) is 0 Å². The molecule has 30 atom stereocenters. The van der Waals surface area contributed by atoms with Crippen LogP contribution in [-0.4, -0.2) is 143 Å². The minimum Gasteiger partial charge on any atom is -0.368 e. The number of hydrogen-bond acceptors (Lipinski definition) is 18. The van der Waals surface area contributed by atoms with Crippen LogP contribution in [-0.2, 0) is 78.8 Å². The van der Waals surface area contributed by atoms with Crippen molar-refractivity contribution in [3.63, 3.8) is 0 Å². The summed E-state index contributed by atoms with van der Waals surface area (Å²) in [7, 11) is 18.3. The lowest BCUT2D eigenvalue weighted by Gasteiger charge is -2.44. The normalized spacial score (nSPS) is 47.3. The lowest BCUT2D eigenvalue weighted by Crippen LogP contribution is -2.56. The Kier molecular flexibility index (Phi) is 22.3. The van der Waals surface area contributed by atoms with E-state index >= 15 is 0 Å². The van der Waals surface area contributed by atoms with E-state index in [0.29, 0.717) is 0 Å². The van der Waals surface area contributed by atoms with Gasteiger partial charge in [0.2, 0.25) is 0 Å². The molecule has 5 rings (SSSR count). The Labute approximate surface area is 360 Å². The van der Waals surface area contributed by atoms with Gasteiger partial charge in [-0.1, -0.05) is 34.6 Å². The van der Waals surface area contributed by atoms with Gasteiger partial charge in [-0.2, -0.15) is 0 Å².